The lowest BCUT2D eigenvalue weighted by Crippen LogP contribution is -3.28. The van der Waals surface area contributed by atoms with Crippen molar-refractivity contribution in [1.29, 1.82) is 0 Å². The third kappa shape index (κ3) is 6.04. The summed E-state index contributed by atoms with van der Waals surface area (Å²) < 4.78 is 0. The Morgan fingerprint density at radius 1 is 0.929 bits per heavy atom. The Hall–Kier alpha value is -1.92. The van der Waals surface area contributed by atoms with Gasteiger partial charge in [-0.3, -0.25) is 9.59 Å². The predicted octanol–water partition coefficient (Wildman–Crippen LogP) is -0.526. The minimum atomic E-state index is 0.0715. The molecule has 1 saturated heterocycles. The van der Waals surface area contributed by atoms with Crippen LogP contribution in [0.25, 0.3) is 0 Å². The first-order valence-electron chi connectivity index (χ1n) is 10.8. The van der Waals surface area contributed by atoms with Gasteiger partial charge in [0, 0.05) is 11.7 Å². The van der Waals surface area contributed by atoms with Crippen LogP contribution < -0.4 is 20.4 Å². The molecule has 1 aromatic carbocycles. The van der Waals surface area contributed by atoms with E-state index < -0.39 is 0 Å². The number of benzene rings is 1. The molecule has 2 aliphatic rings. The molecule has 1 aliphatic carbocycles. The number of rotatable bonds is 6. The maximum Gasteiger partial charge on any atom is 0.279 e. The molecule has 1 saturated carbocycles. The minimum absolute atomic E-state index is 0.0715. The number of hydrogen-bond donors (Lipinski definition) is 4. The molecule has 0 unspecified atom stereocenters. The van der Waals surface area contributed by atoms with Crippen molar-refractivity contribution in [2.45, 2.75) is 52.0 Å². The van der Waals surface area contributed by atoms with Gasteiger partial charge >= 0.3 is 0 Å². The standard InChI is InChI=1S/C22H34N4O2/c1-17-7-6-10-20(18(17)2)24-22(28)16-26-13-11-25(12-14-26)15-21(27)23-19-8-4-3-5-9-19/h6-7,10,19H,3-5,8-9,11-16H2,1-2H3,(H,23,27)(H,24,28)/p+2. The molecule has 6 heteroatoms. The van der Waals surface area contributed by atoms with Crippen LogP contribution in [0.3, 0.4) is 0 Å². The zero-order valence-electron chi connectivity index (χ0n) is 17.4. The van der Waals surface area contributed by atoms with Crippen molar-refractivity contribution in [3.8, 4) is 0 Å². The fourth-order valence-corrected chi connectivity index (χ4v) is 4.37. The summed E-state index contributed by atoms with van der Waals surface area (Å²) in [7, 11) is 0. The van der Waals surface area contributed by atoms with Crippen molar-refractivity contribution >= 4 is 17.5 Å². The van der Waals surface area contributed by atoms with Gasteiger partial charge in [-0.05, 0) is 43.9 Å². The van der Waals surface area contributed by atoms with Gasteiger partial charge in [0.25, 0.3) is 11.8 Å². The highest BCUT2D eigenvalue weighted by molar-refractivity contribution is 5.92. The number of anilines is 1. The second-order valence-electron chi connectivity index (χ2n) is 8.55. The van der Waals surface area contributed by atoms with Crippen molar-refractivity contribution < 1.29 is 19.4 Å². The number of quaternary nitrogens is 2. The summed E-state index contributed by atoms with van der Waals surface area (Å²) >= 11 is 0. The highest BCUT2D eigenvalue weighted by atomic mass is 16.2. The van der Waals surface area contributed by atoms with Crippen molar-refractivity contribution in [3.63, 3.8) is 0 Å². The Morgan fingerprint density at radius 2 is 1.54 bits per heavy atom. The first-order valence-corrected chi connectivity index (χ1v) is 10.8. The molecule has 3 rings (SSSR count). The average Bonchev–Trinajstić information content (AvgIpc) is 2.68. The van der Waals surface area contributed by atoms with E-state index in [-0.39, 0.29) is 11.8 Å². The Balaban J connectivity index is 1.37. The minimum Gasteiger partial charge on any atom is -0.348 e. The van der Waals surface area contributed by atoms with Crippen LogP contribution in [0.15, 0.2) is 18.2 Å². The lowest BCUT2D eigenvalue weighted by molar-refractivity contribution is -1.00. The van der Waals surface area contributed by atoms with Crippen LogP contribution in [0.1, 0.15) is 43.2 Å². The van der Waals surface area contributed by atoms with Gasteiger partial charge in [-0.2, -0.15) is 0 Å². The molecule has 1 aliphatic heterocycles. The van der Waals surface area contributed by atoms with E-state index in [1.165, 1.54) is 34.6 Å². The summed E-state index contributed by atoms with van der Waals surface area (Å²) in [6.07, 6.45) is 6.05. The molecule has 0 aromatic heterocycles. The van der Waals surface area contributed by atoms with Crippen LogP contribution in [-0.2, 0) is 9.59 Å². The van der Waals surface area contributed by atoms with Crippen LogP contribution >= 0.6 is 0 Å². The molecule has 0 bridgehead atoms. The zero-order chi connectivity index (χ0) is 19.9. The molecule has 4 N–H and O–H groups in total. The van der Waals surface area contributed by atoms with Crippen molar-refractivity contribution in [3.05, 3.63) is 29.3 Å². The Labute approximate surface area is 168 Å². The number of carbonyl (C=O) groups excluding carboxylic acids is 2. The first kappa shape index (κ1) is 20.8. The molecule has 2 amide bonds. The van der Waals surface area contributed by atoms with Gasteiger partial charge in [-0.1, -0.05) is 31.4 Å². The third-order valence-electron chi connectivity index (χ3n) is 6.33. The summed E-state index contributed by atoms with van der Waals surface area (Å²) in [4.78, 5) is 27.4. The van der Waals surface area contributed by atoms with Crippen LogP contribution in [0.5, 0.6) is 0 Å². The van der Waals surface area contributed by atoms with E-state index in [2.05, 4.69) is 23.6 Å². The van der Waals surface area contributed by atoms with E-state index in [1.54, 1.807) is 0 Å². The van der Waals surface area contributed by atoms with Gasteiger partial charge in [0.15, 0.2) is 13.1 Å². The lowest BCUT2D eigenvalue weighted by Gasteiger charge is -2.30. The number of carbonyl (C=O) groups is 2. The molecular formula is C22H36N4O2+2. The quantitative estimate of drug-likeness (QED) is 0.530. The van der Waals surface area contributed by atoms with Crippen LogP contribution in [-0.4, -0.2) is 57.1 Å². The van der Waals surface area contributed by atoms with Crippen molar-refractivity contribution in [1.82, 2.24) is 5.32 Å². The highest BCUT2D eigenvalue weighted by Gasteiger charge is 2.27. The molecular weight excluding hydrogens is 352 g/mol. The monoisotopic (exact) mass is 388 g/mol. The number of piperazine rings is 1. The predicted molar refractivity (Wildman–Crippen MR) is 111 cm³/mol. The van der Waals surface area contributed by atoms with Gasteiger partial charge in [0.1, 0.15) is 26.2 Å². The molecule has 2 fully saturated rings. The van der Waals surface area contributed by atoms with Gasteiger partial charge in [-0.15, -0.1) is 0 Å². The van der Waals surface area contributed by atoms with Gasteiger partial charge in [-0.25, -0.2) is 0 Å². The second kappa shape index (κ2) is 10.0. The molecule has 1 aromatic rings. The fraction of sp³-hybridized carbons (Fsp3) is 0.636. The fourth-order valence-electron chi connectivity index (χ4n) is 4.37. The molecule has 0 atom stereocenters. The topological polar surface area (TPSA) is 67.1 Å². The zero-order valence-corrected chi connectivity index (χ0v) is 17.4. The van der Waals surface area contributed by atoms with E-state index in [0.717, 1.165) is 50.3 Å². The van der Waals surface area contributed by atoms with Crippen molar-refractivity contribution in [2.75, 3.05) is 44.6 Å². The van der Waals surface area contributed by atoms with Crippen LogP contribution in [0, 0.1) is 13.8 Å². The number of nitrogens with one attached hydrogen (secondary N) is 4. The molecule has 6 nitrogen and oxygen atoms in total. The number of amides is 2. The SMILES string of the molecule is Cc1cccc(NC(=O)C[NH+]2CC[NH+](CC(=O)NC3CCCCC3)CC2)c1C. The van der Waals surface area contributed by atoms with Gasteiger partial charge in [0.05, 0.1) is 0 Å². The number of hydrogen-bond acceptors (Lipinski definition) is 2. The highest BCUT2D eigenvalue weighted by Crippen LogP contribution is 2.18. The smallest absolute Gasteiger partial charge is 0.279 e. The van der Waals surface area contributed by atoms with Crippen molar-refractivity contribution in [2.24, 2.45) is 0 Å². The Kier molecular flexibility index (Phi) is 7.45. The van der Waals surface area contributed by atoms with E-state index >= 15 is 0 Å². The summed E-state index contributed by atoms with van der Waals surface area (Å²) in [5, 5.41) is 6.27. The van der Waals surface area contributed by atoms with E-state index in [0.29, 0.717) is 19.1 Å². The van der Waals surface area contributed by atoms with E-state index in [1.807, 2.05) is 19.1 Å². The van der Waals surface area contributed by atoms with Crippen LogP contribution in [0.4, 0.5) is 5.69 Å². The summed E-state index contributed by atoms with van der Waals surface area (Å²) in [5.41, 5.74) is 3.23. The molecule has 154 valence electrons. The van der Waals surface area contributed by atoms with Crippen LogP contribution in [0.2, 0.25) is 0 Å². The van der Waals surface area contributed by atoms with Gasteiger partial charge < -0.3 is 20.4 Å². The summed E-state index contributed by atoms with van der Waals surface area (Å²) in [6.45, 7) is 8.93. The van der Waals surface area contributed by atoms with E-state index in [4.69, 9.17) is 0 Å². The first-order chi connectivity index (χ1) is 13.5. The maximum atomic E-state index is 12.4. The normalized spacial score (nSPS) is 23.2. The third-order valence-corrected chi connectivity index (χ3v) is 6.33. The summed E-state index contributed by atoms with van der Waals surface area (Å²) in [5.74, 6) is 0.264. The molecule has 1 heterocycles. The average molecular weight is 389 g/mol. The summed E-state index contributed by atoms with van der Waals surface area (Å²) in [6, 6.07) is 6.39. The Bertz CT molecular complexity index is 677. The molecule has 0 spiro atoms. The lowest BCUT2D eigenvalue weighted by atomic mass is 9.95. The molecule has 28 heavy (non-hydrogen) atoms. The molecule has 0 radical (unpaired) electrons. The Morgan fingerprint density at radius 3 is 2.18 bits per heavy atom. The van der Waals surface area contributed by atoms with E-state index in [9.17, 15) is 9.59 Å². The largest absolute Gasteiger partial charge is 0.348 e. The second-order valence-corrected chi connectivity index (χ2v) is 8.55. The number of aryl methyl sites for hydroxylation is 1. The van der Waals surface area contributed by atoms with Gasteiger partial charge in [0.2, 0.25) is 0 Å². The maximum absolute atomic E-state index is 12.4.